The Hall–Kier alpha value is -2.21. The lowest BCUT2D eigenvalue weighted by Crippen LogP contribution is -2.38. The Bertz CT molecular complexity index is 878. The zero-order valence-electron chi connectivity index (χ0n) is 14.7. The maximum Gasteiger partial charge on any atom is 0.112 e. The fraction of sp³-hybridized carbons (Fsp3) is 0.300. The standard InChI is InChI=1S/C20H21ClN4O/c1-24-12-15(10-23-24)13-25-7-8-26-20(14-25)19-6-5-17(11-22-19)16-3-2-4-18(21)9-16/h2-6,9-12,20H,7-8,13-14H2,1H3/t20-/m0/s1. The molecule has 0 amide bonds. The van der Waals surface area contributed by atoms with E-state index in [0.29, 0.717) is 6.61 Å². The zero-order valence-corrected chi connectivity index (χ0v) is 15.4. The number of halogens is 1. The lowest BCUT2D eigenvalue weighted by atomic mass is 10.1. The number of morpholine rings is 1. The minimum absolute atomic E-state index is 0.00571. The third-order valence-corrected chi connectivity index (χ3v) is 4.82. The molecule has 0 spiro atoms. The summed E-state index contributed by atoms with van der Waals surface area (Å²) < 4.78 is 7.79. The number of pyridine rings is 1. The van der Waals surface area contributed by atoms with E-state index in [1.807, 2.05) is 48.4 Å². The fourth-order valence-electron chi connectivity index (χ4n) is 3.27. The highest BCUT2D eigenvalue weighted by Gasteiger charge is 2.23. The van der Waals surface area contributed by atoms with Crippen LogP contribution in [0, 0.1) is 0 Å². The van der Waals surface area contributed by atoms with Crippen LogP contribution >= 0.6 is 11.6 Å². The lowest BCUT2D eigenvalue weighted by Gasteiger charge is -2.32. The number of aromatic nitrogens is 3. The average Bonchev–Trinajstić information content (AvgIpc) is 3.07. The van der Waals surface area contributed by atoms with Crippen LogP contribution in [0.1, 0.15) is 17.4 Å². The molecular weight excluding hydrogens is 348 g/mol. The third kappa shape index (κ3) is 3.96. The number of hydrogen-bond acceptors (Lipinski definition) is 4. The predicted molar refractivity (Wildman–Crippen MR) is 102 cm³/mol. The summed E-state index contributed by atoms with van der Waals surface area (Å²) in [5.74, 6) is 0. The Labute approximate surface area is 158 Å². The predicted octanol–water partition coefficient (Wildman–Crippen LogP) is 3.71. The van der Waals surface area contributed by atoms with Gasteiger partial charge in [0.05, 0.1) is 18.5 Å². The van der Waals surface area contributed by atoms with Crippen molar-refractivity contribution >= 4 is 11.6 Å². The van der Waals surface area contributed by atoms with Crippen LogP contribution in [0.3, 0.4) is 0 Å². The molecule has 0 radical (unpaired) electrons. The molecule has 1 fully saturated rings. The molecule has 134 valence electrons. The van der Waals surface area contributed by atoms with E-state index in [1.54, 1.807) is 0 Å². The summed E-state index contributed by atoms with van der Waals surface area (Å²) in [5, 5.41) is 4.97. The van der Waals surface area contributed by atoms with E-state index in [0.717, 1.165) is 41.5 Å². The second-order valence-corrected chi connectivity index (χ2v) is 7.04. The van der Waals surface area contributed by atoms with Crippen molar-refractivity contribution < 1.29 is 4.74 Å². The van der Waals surface area contributed by atoms with Crippen molar-refractivity contribution in [2.75, 3.05) is 19.7 Å². The first-order valence-corrected chi connectivity index (χ1v) is 9.08. The van der Waals surface area contributed by atoms with Crippen LogP contribution in [0.5, 0.6) is 0 Å². The van der Waals surface area contributed by atoms with Crippen molar-refractivity contribution in [3.05, 3.63) is 71.3 Å². The summed E-state index contributed by atoms with van der Waals surface area (Å²) in [6.07, 6.45) is 5.86. The van der Waals surface area contributed by atoms with Crippen molar-refractivity contribution in [3.63, 3.8) is 0 Å². The monoisotopic (exact) mass is 368 g/mol. The van der Waals surface area contributed by atoms with Crippen molar-refractivity contribution in [2.24, 2.45) is 7.05 Å². The van der Waals surface area contributed by atoms with Crippen LogP contribution in [-0.2, 0) is 18.3 Å². The Morgan fingerprint density at radius 3 is 2.85 bits per heavy atom. The van der Waals surface area contributed by atoms with Gasteiger partial charge in [0.15, 0.2) is 0 Å². The van der Waals surface area contributed by atoms with E-state index in [9.17, 15) is 0 Å². The summed E-state index contributed by atoms with van der Waals surface area (Å²) in [5.41, 5.74) is 4.31. The smallest absolute Gasteiger partial charge is 0.112 e. The lowest BCUT2D eigenvalue weighted by molar-refractivity contribution is -0.0349. The Kier molecular flexibility index (Phi) is 5.02. The van der Waals surface area contributed by atoms with Gasteiger partial charge in [-0.15, -0.1) is 0 Å². The first-order valence-electron chi connectivity index (χ1n) is 8.71. The summed E-state index contributed by atoms with van der Waals surface area (Å²) in [4.78, 5) is 7.03. The Morgan fingerprint density at radius 2 is 2.12 bits per heavy atom. The van der Waals surface area contributed by atoms with Crippen LogP contribution in [-0.4, -0.2) is 39.4 Å². The minimum Gasteiger partial charge on any atom is -0.369 e. The van der Waals surface area contributed by atoms with E-state index in [1.165, 1.54) is 5.56 Å². The molecule has 4 rings (SSSR count). The van der Waals surface area contributed by atoms with Crippen LogP contribution in [0.25, 0.3) is 11.1 Å². The molecule has 1 saturated heterocycles. The van der Waals surface area contributed by atoms with Crippen molar-refractivity contribution in [2.45, 2.75) is 12.6 Å². The van der Waals surface area contributed by atoms with Crippen molar-refractivity contribution in [1.29, 1.82) is 0 Å². The molecule has 26 heavy (non-hydrogen) atoms. The molecule has 0 bridgehead atoms. The molecule has 0 saturated carbocycles. The van der Waals surface area contributed by atoms with Gasteiger partial charge in [0.25, 0.3) is 0 Å². The molecule has 1 aliphatic heterocycles. The largest absolute Gasteiger partial charge is 0.369 e. The number of benzene rings is 1. The summed E-state index contributed by atoms with van der Waals surface area (Å²) in [6.45, 7) is 3.35. The molecule has 0 unspecified atom stereocenters. The summed E-state index contributed by atoms with van der Waals surface area (Å²) in [6, 6.07) is 11.9. The van der Waals surface area contributed by atoms with Gasteiger partial charge >= 0.3 is 0 Å². The molecule has 2 aromatic heterocycles. The minimum atomic E-state index is -0.00571. The Morgan fingerprint density at radius 1 is 1.19 bits per heavy atom. The van der Waals surface area contributed by atoms with Gasteiger partial charge in [0, 0.05) is 55.2 Å². The number of aryl methyl sites for hydroxylation is 1. The number of ether oxygens (including phenoxy) is 1. The quantitative estimate of drug-likeness (QED) is 0.704. The van der Waals surface area contributed by atoms with E-state index in [-0.39, 0.29) is 6.10 Å². The van der Waals surface area contributed by atoms with Crippen LogP contribution in [0.15, 0.2) is 55.0 Å². The van der Waals surface area contributed by atoms with E-state index in [4.69, 9.17) is 16.3 Å². The molecule has 3 aromatic rings. The van der Waals surface area contributed by atoms with E-state index >= 15 is 0 Å². The van der Waals surface area contributed by atoms with Gasteiger partial charge in [0.1, 0.15) is 6.10 Å². The highest BCUT2D eigenvalue weighted by molar-refractivity contribution is 6.30. The summed E-state index contributed by atoms with van der Waals surface area (Å²) in [7, 11) is 1.94. The SMILES string of the molecule is Cn1cc(CN2CCO[C@H](c3ccc(-c4cccc(Cl)c4)cn3)C2)cn1. The molecule has 0 N–H and O–H groups in total. The molecule has 1 aromatic carbocycles. The molecule has 1 atom stereocenters. The van der Waals surface area contributed by atoms with Gasteiger partial charge in [-0.2, -0.15) is 5.10 Å². The van der Waals surface area contributed by atoms with Crippen LogP contribution < -0.4 is 0 Å². The third-order valence-electron chi connectivity index (χ3n) is 4.59. The second kappa shape index (κ2) is 7.58. The molecule has 1 aliphatic rings. The average molecular weight is 369 g/mol. The van der Waals surface area contributed by atoms with E-state index in [2.05, 4.69) is 33.3 Å². The first kappa shape index (κ1) is 17.2. The van der Waals surface area contributed by atoms with Gasteiger partial charge in [-0.05, 0) is 23.8 Å². The molecule has 5 nitrogen and oxygen atoms in total. The second-order valence-electron chi connectivity index (χ2n) is 6.60. The number of hydrogen-bond donors (Lipinski definition) is 0. The maximum absolute atomic E-state index is 6.08. The molecule has 6 heteroatoms. The van der Waals surface area contributed by atoms with Gasteiger partial charge in [-0.1, -0.05) is 29.8 Å². The highest BCUT2D eigenvalue weighted by atomic mass is 35.5. The van der Waals surface area contributed by atoms with Gasteiger partial charge in [0.2, 0.25) is 0 Å². The topological polar surface area (TPSA) is 43.2 Å². The molecule has 0 aliphatic carbocycles. The van der Waals surface area contributed by atoms with Gasteiger partial charge < -0.3 is 4.74 Å². The zero-order chi connectivity index (χ0) is 17.9. The number of nitrogens with zero attached hydrogens (tertiary/aromatic N) is 4. The fourth-order valence-corrected chi connectivity index (χ4v) is 3.46. The molecule has 3 heterocycles. The summed E-state index contributed by atoms with van der Waals surface area (Å²) >= 11 is 6.08. The van der Waals surface area contributed by atoms with Crippen molar-refractivity contribution in [3.8, 4) is 11.1 Å². The first-order chi connectivity index (χ1) is 12.7. The van der Waals surface area contributed by atoms with Gasteiger partial charge in [-0.3, -0.25) is 14.6 Å². The number of rotatable bonds is 4. The van der Waals surface area contributed by atoms with E-state index < -0.39 is 0 Å². The maximum atomic E-state index is 6.08. The Balaban J connectivity index is 1.45. The van der Waals surface area contributed by atoms with Crippen molar-refractivity contribution in [1.82, 2.24) is 19.7 Å². The molecular formula is C20H21ClN4O. The normalized spacial score (nSPS) is 18.2. The van der Waals surface area contributed by atoms with Crippen LogP contribution in [0.4, 0.5) is 0 Å². The van der Waals surface area contributed by atoms with Crippen LogP contribution in [0.2, 0.25) is 5.02 Å². The highest BCUT2D eigenvalue weighted by Crippen LogP contribution is 2.26. The van der Waals surface area contributed by atoms with Gasteiger partial charge in [-0.25, -0.2) is 0 Å².